The second-order valence-electron chi connectivity index (χ2n) is 4.96. The third-order valence-corrected chi connectivity index (χ3v) is 3.47. The summed E-state index contributed by atoms with van der Waals surface area (Å²) in [4.78, 5) is 23.8. The number of carbonyl (C=O) groups excluding carboxylic acids is 2. The van der Waals surface area contributed by atoms with Crippen molar-refractivity contribution in [2.45, 2.75) is 6.61 Å². The van der Waals surface area contributed by atoms with Crippen molar-refractivity contribution in [1.29, 1.82) is 5.26 Å². The largest absolute Gasteiger partial charge is 0.457 e. The molecule has 0 spiro atoms. The first-order chi connectivity index (χ1) is 11.2. The van der Waals surface area contributed by atoms with Crippen molar-refractivity contribution < 1.29 is 14.3 Å². The number of esters is 1. The average molecular weight is 304 g/mol. The van der Waals surface area contributed by atoms with Crippen molar-refractivity contribution in [3.63, 3.8) is 0 Å². The first-order valence-corrected chi connectivity index (χ1v) is 6.95. The number of Topliss-reactive ketones (excluding diaryl/α,β-unsaturated/α-hetero) is 1. The number of rotatable bonds is 4. The quantitative estimate of drug-likeness (QED) is 0.406. The summed E-state index contributed by atoms with van der Waals surface area (Å²) >= 11 is 0. The van der Waals surface area contributed by atoms with Gasteiger partial charge in [0.2, 0.25) is 5.78 Å². The van der Waals surface area contributed by atoms with Crippen LogP contribution in [-0.4, -0.2) is 11.8 Å². The highest BCUT2D eigenvalue weighted by atomic mass is 16.5. The van der Waals surface area contributed by atoms with Crippen LogP contribution in [0.3, 0.4) is 0 Å². The zero-order valence-electron chi connectivity index (χ0n) is 12.1. The lowest BCUT2D eigenvalue weighted by Crippen LogP contribution is -2.04. The molecule has 0 radical (unpaired) electrons. The van der Waals surface area contributed by atoms with Crippen LogP contribution >= 0.6 is 0 Å². The molecular weight excluding hydrogens is 292 g/mol. The molecule has 0 bridgehead atoms. The van der Waals surface area contributed by atoms with Gasteiger partial charge in [0.15, 0.2) is 0 Å². The Hall–Kier alpha value is -3.39. The maximum absolute atomic E-state index is 12.2. The first-order valence-electron chi connectivity index (χ1n) is 6.95. The number of nitrogens with one attached hydrogen (secondary N) is 1. The zero-order valence-corrected chi connectivity index (χ0v) is 12.1. The van der Waals surface area contributed by atoms with Gasteiger partial charge in [0, 0.05) is 23.0 Å². The fourth-order valence-corrected chi connectivity index (χ4v) is 2.25. The predicted octanol–water partition coefficient (Wildman–Crippen LogP) is 3.06. The van der Waals surface area contributed by atoms with Crippen LogP contribution < -0.4 is 5.32 Å². The van der Waals surface area contributed by atoms with E-state index >= 15 is 0 Å². The summed E-state index contributed by atoms with van der Waals surface area (Å²) in [6.45, 7) is 0.278. The summed E-state index contributed by atoms with van der Waals surface area (Å²) in [5.74, 6) is -0.727. The molecule has 1 heterocycles. The molecule has 0 unspecified atom stereocenters. The smallest absolute Gasteiger partial charge is 0.338 e. The lowest BCUT2D eigenvalue weighted by atomic mass is 10.1. The molecule has 1 N–H and O–H groups in total. The van der Waals surface area contributed by atoms with Crippen molar-refractivity contribution in [3.05, 3.63) is 77.0 Å². The van der Waals surface area contributed by atoms with Crippen molar-refractivity contribution >= 4 is 17.4 Å². The van der Waals surface area contributed by atoms with Crippen molar-refractivity contribution in [2.24, 2.45) is 0 Å². The summed E-state index contributed by atoms with van der Waals surface area (Å²) in [5.41, 5.74) is 2.36. The van der Waals surface area contributed by atoms with Gasteiger partial charge < -0.3 is 10.1 Å². The number of nitrogens with zero attached hydrogens (tertiary/aromatic N) is 1. The van der Waals surface area contributed by atoms with Crippen LogP contribution in [0.4, 0.5) is 5.69 Å². The van der Waals surface area contributed by atoms with Crippen LogP contribution in [0.2, 0.25) is 0 Å². The van der Waals surface area contributed by atoms with E-state index in [1.54, 1.807) is 48.5 Å². The van der Waals surface area contributed by atoms with E-state index in [-0.39, 0.29) is 23.9 Å². The number of hydrogen-bond donors (Lipinski definition) is 1. The van der Waals surface area contributed by atoms with E-state index < -0.39 is 0 Å². The molecule has 0 saturated carbocycles. The number of nitriles is 1. The van der Waals surface area contributed by atoms with E-state index in [0.29, 0.717) is 16.8 Å². The number of benzene rings is 2. The molecule has 0 aromatic heterocycles. The van der Waals surface area contributed by atoms with Crippen molar-refractivity contribution in [2.75, 3.05) is 5.32 Å². The molecule has 5 nitrogen and oxygen atoms in total. The minimum atomic E-state index is -0.367. The number of ether oxygens (including phenoxy) is 1. The Bertz CT molecular complexity index is 848. The van der Waals surface area contributed by atoms with Crippen LogP contribution in [0.15, 0.2) is 60.3 Å². The Morgan fingerprint density at radius 1 is 1.22 bits per heavy atom. The van der Waals surface area contributed by atoms with Crippen LogP contribution in [0, 0.1) is 11.3 Å². The number of anilines is 1. The van der Waals surface area contributed by atoms with Gasteiger partial charge in [-0.2, -0.15) is 5.26 Å². The average Bonchev–Trinajstić information content (AvgIpc) is 2.97. The Labute approximate surface area is 132 Å². The zero-order chi connectivity index (χ0) is 16.2. The maximum atomic E-state index is 12.2. The molecule has 2 aromatic rings. The van der Waals surface area contributed by atoms with Gasteiger partial charge in [-0.25, -0.2) is 4.79 Å². The highest BCUT2D eigenvalue weighted by Crippen LogP contribution is 2.23. The molecule has 0 saturated heterocycles. The molecule has 1 aliphatic heterocycles. The van der Waals surface area contributed by atoms with Crippen LogP contribution in [0.1, 0.15) is 26.3 Å². The van der Waals surface area contributed by atoms with Crippen molar-refractivity contribution in [3.8, 4) is 6.07 Å². The number of fused-ring (bicyclic) bond motifs is 1. The van der Waals surface area contributed by atoms with Crippen LogP contribution in [0.5, 0.6) is 0 Å². The maximum Gasteiger partial charge on any atom is 0.338 e. The summed E-state index contributed by atoms with van der Waals surface area (Å²) in [5, 5.41) is 12.1. The molecule has 0 aliphatic carbocycles. The molecule has 23 heavy (non-hydrogen) atoms. The molecule has 3 rings (SSSR count). The van der Waals surface area contributed by atoms with Gasteiger partial charge in [0.05, 0.1) is 5.56 Å². The second-order valence-corrected chi connectivity index (χ2v) is 4.96. The summed E-state index contributed by atoms with van der Waals surface area (Å²) in [6.07, 6.45) is 1.34. The van der Waals surface area contributed by atoms with Crippen molar-refractivity contribution in [1.82, 2.24) is 0 Å². The topological polar surface area (TPSA) is 79.2 Å². The predicted molar refractivity (Wildman–Crippen MR) is 83.7 cm³/mol. The molecule has 0 fully saturated rings. The second kappa shape index (κ2) is 6.16. The van der Waals surface area contributed by atoms with Gasteiger partial charge in [-0.15, -0.1) is 0 Å². The van der Waals surface area contributed by atoms with E-state index in [2.05, 4.69) is 5.32 Å². The van der Waals surface area contributed by atoms with Gasteiger partial charge >= 0.3 is 5.97 Å². The fourth-order valence-electron chi connectivity index (χ4n) is 2.25. The monoisotopic (exact) mass is 304 g/mol. The molecule has 0 amide bonds. The third-order valence-electron chi connectivity index (χ3n) is 3.47. The van der Waals surface area contributed by atoms with E-state index in [1.165, 1.54) is 6.20 Å². The van der Waals surface area contributed by atoms with E-state index in [1.807, 2.05) is 6.07 Å². The minimum Gasteiger partial charge on any atom is -0.457 e. The fraction of sp³-hybridized carbons (Fsp3) is 0.0556. The normalized spacial score (nSPS) is 13.0. The number of cyclic esters (lactones) is 1. The Kier molecular flexibility index (Phi) is 3.89. The van der Waals surface area contributed by atoms with Gasteiger partial charge in [0.1, 0.15) is 18.2 Å². The standard InChI is InChI=1S/C18H12N2O3/c19-9-14(17(21)12-4-2-1-3-5-12)10-20-15-7-6-13-11-23-18(22)16(13)8-15/h1-8,10,20H,11H2. The lowest BCUT2D eigenvalue weighted by Gasteiger charge is -2.04. The Balaban J connectivity index is 1.81. The van der Waals surface area contributed by atoms with Gasteiger partial charge in [-0.3, -0.25) is 4.79 Å². The Morgan fingerprint density at radius 3 is 2.74 bits per heavy atom. The van der Waals surface area contributed by atoms with E-state index in [0.717, 1.165) is 5.56 Å². The summed E-state index contributed by atoms with van der Waals surface area (Å²) in [6, 6.07) is 15.7. The lowest BCUT2D eigenvalue weighted by molar-refractivity contribution is 0.0535. The third kappa shape index (κ3) is 2.97. The minimum absolute atomic E-state index is 0.0146. The van der Waals surface area contributed by atoms with Gasteiger partial charge in [-0.1, -0.05) is 36.4 Å². The molecule has 1 aliphatic rings. The van der Waals surface area contributed by atoms with Gasteiger partial charge in [0.25, 0.3) is 0 Å². The van der Waals surface area contributed by atoms with Gasteiger partial charge in [-0.05, 0) is 12.1 Å². The summed E-state index contributed by atoms with van der Waals surface area (Å²) < 4.78 is 4.93. The molecule has 5 heteroatoms. The highest BCUT2D eigenvalue weighted by Gasteiger charge is 2.21. The number of carbonyl (C=O) groups is 2. The first kappa shape index (κ1) is 14.5. The highest BCUT2D eigenvalue weighted by molar-refractivity contribution is 6.11. The van der Waals surface area contributed by atoms with Crippen LogP contribution in [0.25, 0.3) is 0 Å². The van der Waals surface area contributed by atoms with E-state index in [4.69, 9.17) is 4.74 Å². The van der Waals surface area contributed by atoms with E-state index in [9.17, 15) is 14.9 Å². The molecule has 2 aromatic carbocycles. The number of hydrogen-bond acceptors (Lipinski definition) is 5. The number of ketones is 1. The molecule has 0 atom stereocenters. The summed E-state index contributed by atoms with van der Waals surface area (Å²) in [7, 11) is 0. The van der Waals surface area contributed by atoms with Crippen LogP contribution in [-0.2, 0) is 11.3 Å². The SMILES string of the molecule is N#CC(=CNc1ccc2c(c1)C(=O)OC2)C(=O)c1ccccc1. The molecular formula is C18H12N2O3. The molecule has 112 valence electrons. The number of allylic oxidation sites excluding steroid dienone is 1. The Morgan fingerprint density at radius 2 is 2.00 bits per heavy atom.